The fraction of sp³-hybridized carbons (Fsp3) is 0.778. The van der Waals surface area contributed by atoms with Crippen molar-refractivity contribution in [2.75, 3.05) is 6.26 Å². The molecular formula is C18H30N2O3S. The summed E-state index contributed by atoms with van der Waals surface area (Å²) in [4.78, 5) is 13.1. The van der Waals surface area contributed by atoms with E-state index < -0.39 is 9.84 Å². The van der Waals surface area contributed by atoms with Crippen LogP contribution in [-0.4, -0.2) is 30.2 Å². The molecule has 1 aliphatic carbocycles. The van der Waals surface area contributed by atoms with Crippen molar-refractivity contribution < 1.29 is 13.2 Å². The molecule has 0 spiro atoms. The van der Waals surface area contributed by atoms with Crippen molar-refractivity contribution in [1.82, 2.24) is 9.78 Å². The molecule has 0 aromatic carbocycles. The van der Waals surface area contributed by atoms with E-state index in [0.717, 1.165) is 31.9 Å². The summed E-state index contributed by atoms with van der Waals surface area (Å²) in [5, 5.41) is 4.05. The zero-order valence-electron chi connectivity index (χ0n) is 15.4. The molecule has 0 radical (unpaired) electrons. The van der Waals surface area contributed by atoms with Crippen LogP contribution in [-0.2, 0) is 21.2 Å². The third-order valence-electron chi connectivity index (χ3n) is 6.25. The third kappa shape index (κ3) is 3.58. The lowest BCUT2D eigenvalue weighted by atomic mass is 9.66. The number of carbonyl (C=O) groups is 1. The smallest absolute Gasteiger partial charge is 0.178 e. The van der Waals surface area contributed by atoms with E-state index in [1.54, 1.807) is 0 Å². The Morgan fingerprint density at radius 1 is 1.42 bits per heavy atom. The van der Waals surface area contributed by atoms with Crippen molar-refractivity contribution in [2.24, 2.45) is 23.2 Å². The molecule has 4 unspecified atom stereocenters. The van der Waals surface area contributed by atoms with Crippen molar-refractivity contribution in [3.05, 3.63) is 12.4 Å². The second kappa shape index (κ2) is 6.98. The van der Waals surface area contributed by atoms with Gasteiger partial charge in [0, 0.05) is 18.4 Å². The summed E-state index contributed by atoms with van der Waals surface area (Å²) in [5.74, 6) is 1.40. The molecule has 1 fully saturated rings. The SMILES string of the molecule is CCC(C)C1CCC(C(=O)Cn2cc(S(C)(=O)=O)cn2)C1(C)CC. The fourth-order valence-electron chi connectivity index (χ4n) is 4.41. The van der Waals surface area contributed by atoms with Gasteiger partial charge in [0.1, 0.15) is 4.90 Å². The number of carbonyl (C=O) groups excluding carboxylic acids is 1. The van der Waals surface area contributed by atoms with E-state index in [9.17, 15) is 13.2 Å². The Labute approximate surface area is 145 Å². The summed E-state index contributed by atoms with van der Waals surface area (Å²) in [5.41, 5.74) is 0.0271. The maximum absolute atomic E-state index is 12.9. The van der Waals surface area contributed by atoms with Crippen LogP contribution in [0, 0.1) is 23.2 Å². The van der Waals surface area contributed by atoms with E-state index in [1.165, 1.54) is 17.1 Å². The van der Waals surface area contributed by atoms with Gasteiger partial charge in [-0.15, -0.1) is 0 Å². The first-order chi connectivity index (χ1) is 11.1. The summed E-state index contributed by atoms with van der Waals surface area (Å²) < 4.78 is 24.6. The van der Waals surface area contributed by atoms with E-state index in [0.29, 0.717) is 11.8 Å². The van der Waals surface area contributed by atoms with Gasteiger partial charge in [0.2, 0.25) is 0 Å². The highest BCUT2D eigenvalue weighted by Crippen LogP contribution is 2.53. The molecule has 0 saturated heterocycles. The molecule has 0 amide bonds. The summed E-state index contributed by atoms with van der Waals surface area (Å²) in [6.07, 6.45) is 8.08. The van der Waals surface area contributed by atoms with Crippen LogP contribution < -0.4 is 0 Å². The second-order valence-electron chi connectivity index (χ2n) is 7.59. The molecule has 24 heavy (non-hydrogen) atoms. The fourth-order valence-corrected chi connectivity index (χ4v) is 4.96. The maximum Gasteiger partial charge on any atom is 0.178 e. The molecule has 0 bridgehead atoms. The lowest BCUT2D eigenvalue weighted by molar-refractivity contribution is -0.127. The van der Waals surface area contributed by atoms with Crippen LogP contribution in [0.15, 0.2) is 17.3 Å². The first-order valence-corrected chi connectivity index (χ1v) is 10.8. The Balaban J connectivity index is 2.16. The summed E-state index contributed by atoms with van der Waals surface area (Å²) >= 11 is 0. The molecule has 1 saturated carbocycles. The number of rotatable bonds is 7. The maximum atomic E-state index is 12.9. The average Bonchev–Trinajstić information content (AvgIpc) is 3.11. The number of Topliss-reactive ketones (excluding diaryl/α,β-unsaturated/α-hetero) is 1. The van der Waals surface area contributed by atoms with Crippen molar-refractivity contribution in [3.63, 3.8) is 0 Å². The summed E-state index contributed by atoms with van der Waals surface area (Å²) in [6.45, 7) is 9.09. The van der Waals surface area contributed by atoms with Crippen molar-refractivity contribution in [3.8, 4) is 0 Å². The van der Waals surface area contributed by atoms with Crippen LogP contribution in [0.4, 0.5) is 0 Å². The topological polar surface area (TPSA) is 69.0 Å². The number of aromatic nitrogens is 2. The minimum absolute atomic E-state index is 0.0271. The number of sulfone groups is 1. The van der Waals surface area contributed by atoms with Gasteiger partial charge in [-0.05, 0) is 36.5 Å². The van der Waals surface area contributed by atoms with Crippen molar-refractivity contribution in [1.29, 1.82) is 0 Å². The van der Waals surface area contributed by atoms with E-state index in [1.807, 2.05) is 0 Å². The first kappa shape index (κ1) is 19.2. The number of hydrogen-bond acceptors (Lipinski definition) is 4. The van der Waals surface area contributed by atoms with Crippen LogP contribution in [0.2, 0.25) is 0 Å². The minimum atomic E-state index is -3.28. The van der Waals surface area contributed by atoms with Gasteiger partial charge in [0.25, 0.3) is 0 Å². The highest BCUT2D eigenvalue weighted by Gasteiger charge is 2.49. The Morgan fingerprint density at radius 3 is 2.58 bits per heavy atom. The molecule has 1 heterocycles. The van der Waals surface area contributed by atoms with Crippen molar-refractivity contribution in [2.45, 2.75) is 64.8 Å². The zero-order chi connectivity index (χ0) is 18.1. The standard InChI is InChI=1S/C18H30N2O3S/c1-6-13(3)15-8-9-16(18(15,4)7-2)17(21)12-20-11-14(10-19-20)24(5,22)23/h10-11,13,15-16H,6-9,12H2,1-5H3. The van der Waals surface area contributed by atoms with Gasteiger partial charge in [-0.1, -0.05) is 34.1 Å². The molecule has 1 aliphatic rings. The van der Waals surface area contributed by atoms with Gasteiger partial charge in [-0.25, -0.2) is 8.42 Å². The van der Waals surface area contributed by atoms with Gasteiger partial charge >= 0.3 is 0 Å². The molecule has 0 aliphatic heterocycles. The van der Waals surface area contributed by atoms with Crippen LogP contribution in [0.1, 0.15) is 53.4 Å². The zero-order valence-corrected chi connectivity index (χ0v) is 16.3. The highest BCUT2D eigenvalue weighted by molar-refractivity contribution is 7.90. The van der Waals surface area contributed by atoms with Crippen LogP contribution in [0.3, 0.4) is 0 Å². The lowest BCUT2D eigenvalue weighted by Crippen LogP contribution is -2.37. The first-order valence-electron chi connectivity index (χ1n) is 8.88. The molecule has 1 aromatic heterocycles. The average molecular weight is 355 g/mol. The molecule has 0 N–H and O–H groups in total. The van der Waals surface area contributed by atoms with Gasteiger partial charge in [0.15, 0.2) is 15.6 Å². The molecular weight excluding hydrogens is 324 g/mol. The monoisotopic (exact) mass is 354 g/mol. The molecule has 1 aromatic rings. The quantitative estimate of drug-likeness (QED) is 0.753. The Morgan fingerprint density at radius 2 is 2.08 bits per heavy atom. The van der Waals surface area contributed by atoms with E-state index in [2.05, 4.69) is 32.8 Å². The minimum Gasteiger partial charge on any atom is -0.297 e. The Hall–Kier alpha value is -1.17. The van der Waals surface area contributed by atoms with Crippen molar-refractivity contribution >= 4 is 15.6 Å². The van der Waals surface area contributed by atoms with Gasteiger partial charge in [-0.3, -0.25) is 9.48 Å². The number of hydrogen-bond donors (Lipinski definition) is 0. The summed E-state index contributed by atoms with van der Waals surface area (Å²) in [7, 11) is -3.28. The van der Waals surface area contributed by atoms with E-state index in [4.69, 9.17) is 0 Å². The highest BCUT2D eigenvalue weighted by atomic mass is 32.2. The van der Waals surface area contributed by atoms with Crippen LogP contribution in [0.5, 0.6) is 0 Å². The Bertz CT molecular complexity index is 695. The van der Waals surface area contributed by atoms with Crippen LogP contribution >= 0.6 is 0 Å². The Kier molecular flexibility index (Phi) is 5.57. The molecule has 6 heteroatoms. The van der Waals surface area contributed by atoms with Gasteiger partial charge in [0.05, 0.1) is 12.7 Å². The predicted octanol–water partition coefficient (Wildman–Crippen LogP) is 3.34. The summed E-state index contributed by atoms with van der Waals surface area (Å²) in [6, 6.07) is 0. The van der Waals surface area contributed by atoms with Gasteiger partial charge in [-0.2, -0.15) is 5.10 Å². The lowest BCUT2D eigenvalue weighted by Gasteiger charge is -2.38. The third-order valence-corrected chi connectivity index (χ3v) is 7.31. The van der Waals surface area contributed by atoms with E-state index >= 15 is 0 Å². The van der Waals surface area contributed by atoms with E-state index in [-0.39, 0.29) is 28.6 Å². The largest absolute Gasteiger partial charge is 0.297 e. The second-order valence-corrected chi connectivity index (χ2v) is 9.61. The molecule has 2 rings (SSSR count). The molecule has 5 nitrogen and oxygen atoms in total. The number of ketones is 1. The normalized spacial score (nSPS) is 28.9. The predicted molar refractivity (Wildman–Crippen MR) is 94.4 cm³/mol. The number of nitrogens with zero attached hydrogens (tertiary/aromatic N) is 2. The van der Waals surface area contributed by atoms with Gasteiger partial charge < -0.3 is 0 Å². The molecule has 136 valence electrons. The molecule has 4 atom stereocenters. The van der Waals surface area contributed by atoms with Crippen LogP contribution in [0.25, 0.3) is 0 Å².